The van der Waals surface area contributed by atoms with Crippen molar-refractivity contribution in [2.24, 2.45) is 0 Å². The number of hydrogen-bond donors (Lipinski definition) is 1. The van der Waals surface area contributed by atoms with Crippen LogP contribution in [0.15, 0.2) is 28.1 Å². The Morgan fingerprint density at radius 3 is 3.00 bits per heavy atom. The average Bonchev–Trinajstić information content (AvgIpc) is 2.78. The Morgan fingerprint density at radius 1 is 1.44 bits per heavy atom. The van der Waals surface area contributed by atoms with E-state index in [1.807, 2.05) is 23.6 Å². The summed E-state index contributed by atoms with van der Waals surface area (Å²) in [7, 11) is 1.65. The van der Waals surface area contributed by atoms with Crippen molar-refractivity contribution in [3.05, 3.63) is 33.7 Å². The molecule has 1 heterocycles. The van der Waals surface area contributed by atoms with Gasteiger partial charge in [0.05, 0.1) is 19.3 Å². The number of anilines is 1. The standard InChI is InChI=1S/C10H10BrN3OS/c1-15-10-3-7(11)2-8(4-10)12-5-9-6-16-14-13-9/h2-4,6,12H,5H2,1H3. The van der Waals surface area contributed by atoms with Gasteiger partial charge >= 0.3 is 0 Å². The van der Waals surface area contributed by atoms with Gasteiger partial charge < -0.3 is 10.1 Å². The van der Waals surface area contributed by atoms with Crippen LogP contribution < -0.4 is 10.1 Å². The summed E-state index contributed by atoms with van der Waals surface area (Å²) < 4.78 is 9.96. The summed E-state index contributed by atoms with van der Waals surface area (Å²) in [5.74, 6) is 0.813. The van der Waals surface area contributed by atoms with Crippen LogP contribution >= 0.6 is 27.5 Å². The summed E-state index contributed by atoms with van der Waals surface area (Å²) in [4.78, 5) is 0. The number of benzene rings is 1. The van der Waals surface area contributed by atoms with Crippen LogP contribution in [0.4, 0.5) is 5.69 Å². The summed E-state index contributed by atoms with van der Waals surface area (Å²) in [6.07, 6.45) is 0. The van der Waals surface area contributed by atoms with Gasteiger partial charge in [-0.2, -0.15) is 0 Å². The quantitative estimate of drug-likeness (QED) is 0.943. The maximum atomic E-state index is 5.18. The Kier molecular flexibility index (Phi) is 3.74. The topological polar surface area (TPSA) is 47.0 Å². The van der Waals surface area contributed by atoms with Crippen molar-refractivity contribution in [2.75, 3.05) is 12.4 Å². The van der Waals surface area contributed by atoms with Crippen molar-refractivity contribution in [3.8, 4) is 5.75 Å². The number of rotatable bonds is 4. The van der Waals surface area contributed by atoms with Crippen LogP contribution in [0.5, 0.6) is 5.75 Å². The molecule has 0 aliphatic carbocycles. The van der Waals surface area contributed by atoms with E-state index in [4.69, 9.17) is 4.74 Å². The highest BCUT2D eigenvalue weighted by atomic mass is 79.9. The molecule has 1 N–H and O–H groups in total. The van der Waals surface area contributed by atoms with Crippen LogP contribution in [0.2, 0.25) is 0 Å². The Hall–Kier alpha value is -1.14. The molecule has 0 radical (unpaired) electrons. The van der Waals surface area contributed by atoms with E-state index in [0.717, 1.165) is 21.6 Å². The first-order chi connectivity index (χ1) is 7.78. The SMILES string of the molecule is COc1cc(Br)cc(NCc2csnn2)c1. The smallest absolute Gasteiger partial charge is 0.122 e. The van der Waals surface area contributed by atoms with Crippen LogP contribution in [-0.4, -0.2) is 16.7 Å². The highest BCUT2D eigenvalue weighted by Gasteiger charge is 2.00. The highest BCUT2D eigenvalue weighted by Crippen LogP contribution is 2.24. The summed E-state index contributed by atoms with van der Waals surface area (Å²) in [5.41, 5.74) is 1.92. The fourth-order valence-electron chi connectivity index (χ4n) is 1.24. The number of halogens is 1. The molecular formula is C10H10BrN3OS. The Morgan fingerprint density at radius 2 is 2.31 bits per heavy atom. The number of hydrogen-bond acceptors (Lipinski definition) is 5. The molecule has 1 aromatic carbocycles. The molecule has 0 saturated heterocycles. The Labute approximate surface area is 106 Å². The monoisotopic (exact) mass is 299 g/mol. The van der Waals surface area contributed by atoms with E-state index in [2.05, 4.69) is 30.8 Å². The summed E-state index contributed by atoms with van der Waals surface area (Å²) >= 11 is 4.78. The van der Waals surface area contributed by atoms with Gasteiger partial charge in [-0.3, -0.25) is 0 Å². The number of nitrogens with one attached hydrogen (secondary N) is 1. The molecule has 0 aliphatic rings. The molecule has 0 aliphatic heterocycles. The van der Waals surface area contributed by atoms with Crippen molar-refractivity contribution in [1.82, 2.24) is 9.59 Å². The lowest BCUT2D eigenvalue weighted by Crippen LogP contribution is -2.00. The van der Waals surface area contributed by atoms with Crippen LogP contribution in [0, 0.1) is 0 Å². The van der Waals surface area contributed by atoms with Gasteiger partial charge in [0.15, 0.2) is 0 Å². The predicted molar refractivity (Wildman–Crippen MR) is 67.9 cm³/mol. The molecule has 0 saturated carbocycles. The van der Waals surface area contributed by atoms with Crippen LogP contribution in [-0.2, 0) is 6.54 Å². The van der Waals surface area contributed by atoms with Gasteiger partial charge in [0.1, 0.15) is 5.75 Å². The van der Waals surface area contributed by atoms with Gasteiger partial charge in [0.2, 0.25) is 0 Å². The van der Waals surface area contributed by atoms with E-state index in [0.29, 0.717) is 6.54 Å². The molecule has 2 aromatic rings. The van der Waals surface area contributed by atoms with Crippen LogP contribution in [0.25, 0.3) is 0 Å². The zero-order valence-corrected chi connectivity index (χ0v) is 11.0. The first-order valence-electron chi connectivity index (χ1n) is 4.62. The van der Waals surface area contributed by atoms with Crippen molar-refractivity contribution in [1.29, 1.82) is 0 Å². The van der Waals surface area contributed by atoms with E-state index in [9.17, 15) is 0 Å². The third kappa shape index (κ3) is 2.93. The number of methoxy groups -OCH3 is 1. The van der Waals surface area contributed by atoms with Crippen LogP contribution in [0.1, 0.15) is 5.69 Å². The third-order valence-corrected chi connectivity index (χ3v) is 3.00. The second-order valence-corrected chi connectivity index (χ2v) is 4.66. The van der Waals surface area contributed by atoms with E-state index < -0.39 is 0 Å². The van der Waals surface area contributed by atoms with E-state index in [1.54, 1.807) is 7.11 Å². The van der Waals surface area contributed by atoms with Gasteiger partial charge in [-0.25, -0.2) is 0 Å². The maximum absolute atomic E-state index is 5.18. The first kappa shape index (κ1) is 11.3. The summed E-state index contributed by atoms with van der Waals surface area (Å²) in [5, 5.41) is 9.13. The number of aromatic nitrogens is 2. The second kappa shape index (κ2) is 5.27. The fourth-order valence-corrected chi connectivity index (χ4v) is 2.16. The lowest BCUT2D eigenvalue weighted by Gasteiger charge is -2.07. The zero-order chi connectivity index (χ0) is 11.4. The van der Waals surface area contributed by atoms with E-state index in [-0.39, 0.29) is 0 Å². The minimum Gasteiger partial charge on any atom is -0.497 e. The number of nitrogens with zero attached hydrogens (tertiary/aromatic N) is 2. The lowest BCUT2D eigenvalue weighted by atomic mass is 10.3. The van der Waals surface area contributed by atoms with Gasteiger partial charge in [-0.15, -0.1) is 5.10 Å². The molecule has 16 heavy (non-hydrogen) atoms. The van der Waals surface area contributed by atoms with Gasteiger partial charge in [0.25, 0.3) is 0 Å². The second-order valence-electron chi connectivity index (χ2n) is 3.13. The molecule has 1 aromatic heterocycles. The van der Waals surface area contributed by atoms with Gasteiger partial charge in [-0.1, -0.05) is 20.4 Å². The Bertz CT molecular complexity index is 461. The molecule has 4 nitrogen and oxygen atoms in total. The molecular weight excluding hydrogens is 290 g/mol. The molecule has 2 rings (SSSR count). The van der Waals surface area contributed by atoms with Crippen molar-refractivity contribution < 1.29 is 4.74 Å². The van der Waals surface area contributed by atoms with Gasteiger partial charge in [0, 0.05) is 21.6 Å². The van der Waals surface area contributed by atoms with E-state index in [1.165, 1.54) is 11.5 Å². The van der Waals surface area contributed by atoms with E-state index >= 15 is 0 Å². The molecule has 0 unspecified atom stereocenters. The lowest BCUT2D eigenvalue weighted by molar-refractivity contribution is 0.414. The molecule has 6 heteroatoms. The molecule has 84 valence electrons. The van der Waals surface area contributed by atoms with Gasteiger partial charge in [-0.05, 0) is 23.7 Å². The number of ether oxygens (including phenoxy) is 1. The minimum absolute atomic E-state index is 0.663. The van der Waals surface area contributed by atoms with Crippen LogP contribution in [0.3, 0.4) is 0 Å². The molecule has 0 fully saturated rings. The molecule has 0 bridgehead atoms. The highest BCUT2D eigenvalue weighted by molar-refractivity contribution is 9.10. The fraction of sp³-hybridized carbons (Fsp3) is 0.200. The molecule has 0 amide bonds. The Balaban J connectivity index is 2.06. The average molecular weight is 300 g/mol. The first-order valence-corrected chi connectivity index (χ1v) is 6.25. The normalized spacial score (nSPS) is 10.1. The van der Waals surface area contributed by atoms with Crippen molar-refractivity contribution >= 4 is 33.1 Å². The largest absolute Gasteiger partial charge is 0.497 e. The summed E-state index contributed by atoms with van der Waals surface area (Å²) in [6, 6.07) is 5.84. The van der Waals surface area contributed by atoms with Crippen molar-refractivity contribution in [3.63, 3.8) is 0 Å². The molecule has 0 spiro atoms. The molecule has 0 atom stereocenters. The predicted octanol–water partition coefficient (Wildman–Crippen LogP) is 2.92. The van der Waals surface area contributed by atoms with Crippen molar-refractivity contribution in [2.45, 2.75) is 6.54 Å². The zero-order valence-electron chi connectivity index (χ0n) is 8.61. The summed E-state index contributed by atoms with van der Waals surface area (Å²) in [6.45, 7) is 0.663. The maximum Gasteiger partial charge on any atom is 0.122 e. The minimum atomic E-state index is 0.663. The third-order valence-electron chi connectivity index (χ3n) is 1.99.